The molecule has 0 heterocycles. The Kier molecular flexibility index (Phi) is 4.99. The molecule has 0 spiro atoms. The lowest BCUT2D eigenvalue weighted by Crippen LogP contribution is -2.40. The van der Waals surface area contributed by atoms with Crippen LogP contribution in [-0.2, 0) is 9.53 Å². The molecule has 0 aromatic rings. The largest absolute Gasteiger partial charge is 0.481 e. The van der Waals surface area contributed by atoms with Crippen LogP contribution in [0.1, 0.15) is 52.9 Å². The molecule has 2 N–H and O–H groups in total. The van der Waals surface area contributed by atoms with Crippen molar-refractivity contribution in [2.45, 2.75) is 64.5 Å². The number of nitrogens with one attached hydrogen (secondary N) is 1. The zero-order chi connectivity index (χ0) is 13.8. The van der Waals surface area contributed by atoms with Crippen molar-refractivity contribution in [2.75, 3.05) is 0 Å². The van der Waals surface area contributed by atoms with Gasteiger partial charge in [0.15, 0.2) is 0 Å². The minimum Gasteiger partial charge on any atom is -0.481 e. The van der Waals surface area contributed by atoms with Crippen molar-refractivity contribution >= 4 is 12.1 Å². The maximum atomic E-state index is 11.6. The van der Waals surface area contributed by atoms with E-state index in [2.05, 4.69) is 5.32 Å². The molecule has 0 aromatic carbocycles. The highest BCUT2D eigenvalue weighted by Crippen LogP contribution is 2.23. The van der Waals surface area contributed by atoms with Gasteiger partial charge in [0, 0.05) is 6.04 Å². The van der Waals surface area contributed by atoms with E-state index >= 15 is 0 Å². The summed E-state index contributed by atoms with van der Waals surface area (Å²) in [6.07, 6.45) is 3.41. The molecule has 18 heavy (non-hydrogen) atoms. The van der Waals surface area contributed by atoms with E-state index in [0.717, 1.165) is 19.3 Å². The Balaban J connectivity index is 2.49. The highest BCUT2D eigenvalue weighted by molar-refractivity contribution is 5.71. The second kappa shape index (κ2) is 6.07. The van der Waals surface area contributed by atoms with E-state index in [0.29, 0.717) is 12.8 Å². The molecule has 0 radical (unpaired) electrons. The maximum Gasteiger partial charge on any atom is 0.407 e. The van der Waals surface area contributed by atoms with Crippen molar-refractivity contribution in [3.63, 3.8) is 0 Å². The number of amides is 1. The first kappa shape index (κ1) is 14.8. The summed E-state index contributed by atoms with van der Waals surface area (Å²) in [4.78, 5) is 22.7. The Labute approximate surface area is 108 Å². The third kappa shape index (κ3) is 5.38. The average Bonchev–Trinajstić information content (AvgIpc) is 2.40. The number of carbonyl (C=O) groups is 2. The van der Waals surface area contributed by atoms with Crippen molar-refractivity contribution in [1.82, 2.24) is 5.32 Å². The Morgan fingerprint density at radius 3 is 2.39 bits per heavy atom. The van der Waals surface area contributed by atoms with Crippen molar-refractivity contribution in [1.29, 1.82) is 0 Å². The first-order chi connectivity index (χ1) is 8.28. The lowest BCUT2D eigenvalue weighted by atomic mass is 9.98. The molecule has 0 bridgehead atoms. The first-order valence-electron chi connectivity index (χ1n) is 6.50. The molecule has 1 saturated carbocycles. The molecule has 1 aliphatic rings. The van der Waals surface area contributed by atoms with E-state index < -0.39 is 17.7 Å². The average molecular weight is 257 g/mol. The molecule has 2 unspecified atom stereocenters. The molecular formula is C13H23NO4. The fraction of sp³-hybridized carbons (Fsp3) is 0.846. The number of carboxylic acids is 1. The minimum absolute atomic E-state index is 0.0940. The number of carbonyl (C=O) groups excluding carboxylic acids is 1. The van der Waals surface area contributed by atoms with Crippen LogP contribution in [0.5, 0.6) is 0 Å². The minimum atomic E-state index is -0.770. The van der Waals surface area contributed by atoms with Crippen LogP contribution in [-0.4, -0.2) is 28.8 Å². The van der Waals surface area contributed by atoms with E-state index in [1.165, 1.54) is 0 Å². The number of hydrogen-bond donors (Lipinski definition) is 2. The highest BCUT2D eigenvalue weighted by atomic mass is 16.6. The Hall–Kier alpha value is -1.26. The Morgan fingerprint density at radius 1 is 1.22 bits per heavy atom. The van der Waals surface area contributed by atoms with Gasteiger partial charge < -0.3 is 15.2 Å². The summed E-state index contributed by atoms with van der Waals surface area (Å²) in [5.74, 6) is -1.12. The predicted molar refractivity (Wildman–Crippen MR) is 67.4 cm³/mol. The number of aliphatic carboxylic acids is 1. The quantitative estimate of drug-likeness (QED) is 0.745. The van der Waals surface area contributed by atoms with E-state index in [1.54, 1.807) is 20.8 Å². The van der Waals surface area contributed by atoms with Gasteiger partial charge in [-0.25, -0.2) is 4.79 Å². The zero-order valence-electron chi connectivity index (χ0n) is 11.4. The van der Waals surface area contributed by atoms with Crippen LogP contribution in [0.15, 0.2) is 0 Å². The van der Waals surface area contributed by atoms with E-state index in [4.69, 9.17) is 9.84 Å². The van der Waals surface area contributed by atoms with Gasteiger partial charge in [-0.1, -0.05) is 12.8 Å². The van der Waals surface area contributed by atoms with E-state index in [9.17, 15) is 9.59 Å². The number of ether oxygens (including phenoxy) is 1. The molecule has 0 aliphatic heterocycles. The standard InChI is InChI=1S/C13H23NO4/c1-13(2,3)18-12(17)14-10-7-5-4-6-9(8-10)11(15)16/h9-10H,4-8H2,1-3H3,(H,14,17)(H,15,16). The summed E-state index contributed by atoms with van der Waals surface area (Å²) in [6.45, 7) is 5.42. The summed E-state index contributed by atoms with van der Waals surface area (Å²) < 4.78 is 5.18. The first-order valence-corrected chi connectivity index (χ1v) is 6.50. The topological polar surface area (TPSA) is 75.6 Å². The van der Waals surface area contributed by atoms with Gasteiger partial charge in [-0.2, -0.15) is 0 Å². The second-order valence-electron chi connectivity index (χ2n) is 5.90. The lowest BCUT2D eigenvalue weighted by Gasteiger charge is -2.23. The van der Waals surface area contributed by atoms with Crippen LogP contribution in [0.3, 0.4) is 0 Å². The molecule has 104 valence electrons. The maximum absolute atomic E-state index is 11.6. The van der Waals surface area contributed by atoms with Crippen molar-refractivity contribution in [2.24, 2.45) is 5.92 Å². The third-order valence-electron chi connectivity index (χ3n) is 2.99. The summed E-state index contributed by atoms with van der Waals surface area (Å²) in [5.41, 5.74) is -0.527. The summed E-state index contributed by atoms with van der Waals surface area (Å²) in [6, 6.07) is -0.0940. The summed E-state index contributed by atoms with van der Waals surface area (Å²) >= 11 is 0. The zero-order valence-corrected chi connectivity index (χ0v) is 11.4. The van der Waals surface area contributed by atoms with Gasteiger partial charge in [0.25, 0.3) is 0 Å². The van der Waals surface area contributed by atoms with Crippen LogP contribution in [0.2, 0.25) is 0 Å². The molecule has 1 amide bonds. The van der Waals surface area contributed by atoms with Crippen LogP contribution >= 0.6 is 0 Å². The molecule has 2 atom stereocenters. The molecule has 0 saturated heterocycles. The fourth-order valence-electron chi connectivity index (χ4n) is 2.19. The molecule has 0 aromatic heterocycles. The van der Waals surface area contributed by atoms with Crippen molar-refractivity contribution < 1.29 is 19.4 Å². The van der Waals surface area contributed by atoms with Gasteiger partial charge in [0.2, 0.25) is 0 Å². The SMILES string of the molecule is CC(C)(C)OC(=O)NC1CCCCC(C(=O)O)C1. The lowest BCUT2D eigenvalue weighted by molar-refractivity contribution is -0.142. The number of carboxylic acid groups (broad SMARTS) is 1. The monoisotopic (exact) mass is 257 g/mol. The van der Waals surface area contributed by atoms with Gasteiger partial charge in [-0.05, 0) is 40.0 Å². The smallest absolute Gasteiger partial charge is 0.407 e. The highest BCUT2D eigenvalue weighted by Gasteiger charge is 2.27. The fourth-order valence-corrected chi connectivity index (χ4v) is 2.19. The normalized spacial score (nSPS) is 25.1. The van der Waals surface area contributed by atoms with Crippen LogP contribution in [0.4, 0.5) is 4.79 Å². The van der Waals surface area contributed by atoms with E-state index in [1.807, 2.05) is 0 Å². The van der Waals surface area contributed by atoms with E-state index in [-0.39, 0.29) is 12.0 Å². The predicted octanol–water partition coefficient (Wildman–Crippen LogP) is 2.54. The molecule has 1 fully saturated rings. The van der Waals surface area contributed by atoms with Crippen molar-refractivity contribution in [3.8, 4) is 0 Å². The molecule has 5 heteroatoms. The van der Waals surface area contributed by atoms with Crippen LogP contribution < -0.4 is 5.32 Å². The van der Waals surface area contributed by atoms with Gasteiger partial charge >= 0.3 is 12.1 Å². The molecule has 1 rings (SSSR count). The molecule has 5 nitrogen and oxygen atoms in total. The molecule has 1 aliphatic carbocycles. The van der Waals surface area contributed by atoms with Crippen LogP contribution in [0, 0.1) is 5.92 Å². The van der Waals surface area contributed by atoms with Gasteiger partial charge in [0.1, 0.15) is 5.60 Å². The van der Waals surface area contributed by atoms with Crippen molar-refractivity contribution in [3.05, 3.63) is 0 Å². The third-order valence-corrected chi connectivity index (χ3v) is 2.99. The van der Waals surface area contributed by atoms with Gasteiger partial charge in [-0.3, -0.25) is 4.79 Å². The molecular weight excluding hydrogens is 234 g/mol. The van der Waals surface area contributed by atoms with Crippen LogP contribution in [0.25, 0.3) is 0 Å². The summed E-state index contributed by atoms with van der Waals surface area (Å²) in [5, 5.41) is 11.8. The summed E-state index contributed by atoms with van der Waals surface area (Å²) in [7, 11) is 0. The van der Waals surface area contributed by atoms with Gasteiger partial charge in [0.05, 0.1) is 5.92 Å². The number of rotatable bonds is 2. The number of hydrogen-bond acceptors (Lipinski definition) is 3. The Morgan fingerprint density at radius 2 is 1.83 bits per heavy atom. The second-order valence-corrected chi connectivity index (χ2v) is 5.90. The Bertz CT molecular complexity index is 309. The van der Waals surface area contributed by atoms with Gasteiger partial charge in [-0.15, -0.1) is 0 Å². The number of alkyl carbamates (subject to hydrolysis) is 1.